The van der Waals surface area contributed by atoms with E-state index < -0.39 is 6.09 Å². The van der Waals surface area contributed by atoms with E-state index in [1.54, 1.807) is 12.1 Å². The molecule has 0 bridgehead atoms. The summed E-state index contributed by atoms with van der Waals surface area (Å²) in [7, 11) is 0. The third-order valence-corrected chi connectivity index (χ3v) is 3.35. The Labute approximate surface area is 141 Å². The second-order valence-electron chi connectivity index (χ2n) is 5.23. The topological polar surface area (TPSA) is 55.4 Å². The molecule has 1 N–H and O–H groups in total. The van der Waals surface area contributed by atoms with E-state index in [-0.39, 0.29) is 6.61 Å². The lowest BCUT2D eigenvalue weighted by atomic mass is 10.1. The first-order valence-corrected chi connectivity index (χ1v) is 7.68. The van der Waals surface area contributed by atoms with E-state index in [1.165, 1.54) is 0 Å². The molecular formula is C20H19NO3. The zero-order valence-electron chi connectivity index (χ0n) is 13.5. The molecule has 0 radical (unpaired) electrons. The van der Waals surface area contributed by atoms with Crippen molar-refractivity contribution in [1.29, 1.82) is 0 Å². The van der Waals surface area contributed by atoms with Crippen LogP contribution >= 0.6 is 0 Å². The molecule has 2 aromatic rings. The quantitative estimate of drug-likeness (QED) is 0.521. The van der Waals surface area contributed by atoms with Gasteiger partial charge in [-0.05, 0) is 24.1 Å². The highest BCUT2D eigenvalue weighted by Gasteiger charge is 2.01. The Morgan fingerprint density at radius 1 is 1.21 bits per heavy atom. The zero-order valence-corrected chi connectivity index (χ0v) is 13.5. The second kappa shape index (κ2) is 9.16. The molecule has 0 saturated heterocycles. The van der Waals surface area contributed by atoms with Gasteiger partial charge in [-0.15, -0.1) is 0 Å². The summed E-state index contributed by atoms with van der Waals surface area (Å²) < 4.78 is 5.11. The molecule has 1 amide bonds. The van der Waals surface area contributed by atoms with E-state index in [1.807, 2.05) is 43.3 Å². The minimum Gasteiger partial charge on any atom is -0.445 e. The van der Waals surface area contributed by atoms with Crippen molar-refractivity contribution in [2.24, 2.45) is 0 Å². The van der Waals surface area contributed by atoms with Gasteiger partial charge in [-0.25, -0.2) is 4.79 Å². The third kappa shape index (κ3) is 5.62. The van der Waals surface area contributed by atoms with Crippen molar-refractivity contribution in [3.8, 4) is 11.8 Å². The minimum absolute atomic E-state index is 0.246. The summed E-state index contributed by atoms with van der Waals surface area (Å²) in [6, 6.07) is 14.9. The lowest BCUT2D eigenvalue weighted by molar-refractivity contribution is 0.112. The number of ether oxygens (including phenoxy) is 1. The minimum atomic E-state index is -0.459. The van der Waals surface area contributed by atoms with Gasteiger partial charge < -0.3 is 10.1 Å². The van der Waals surface area contributed by atoms with Gasteiger partial charge in [-0.3, -0.25) is 4.79 Å². The molecule has 24 heavy (non-hydrogen) atoms. The number of hydrogen-bond donors (Lipinski definition) is 1. The van der Waals surface area contributed by atoms with Crippen LogP contribution in [0.1, 0.15) is 33.5 Å². The number of aryl methyl sites for hydroxylation is 1. The van der Waals surface area contributed by atoms with Crippen LogP contribution in [-0.2, 0) is 11.3 Å². The predicted molar refractivity (Wildman–Crippen MR) is 92.7 cm³/mol. The van der Waals surface area contributed by atoms with E-state index in [0.29, 0.717) is 18.5 Å². The van der Waals surface area contributed by atoms with Crippen LogP contribution in [0.3, 0.4) is 0 Å². The number of aldehydes is 1. The van der Waals surface area contributed by atoms with Gasteiger partial charge in [0.2, 0.25) is 0 Å². The molecule has 4 heteroatoms. The third-order valence-electron chi connectivity index (χ3n) is 3.35. The van der Waals surface area contributed by atoms with E-state index in [4.69, 9.17) is 4.74 Å². The van der Waals surface area contributed by atoms with Crippen LogP contribution in [0, 0.1) is 18.8 Å². The molecule has 2 aromatic carbocycles. The second-order valence-corrected chi connectivity index (χ2v) is 5.23. The molecule has 0 atom stereocenters. The summed E-state index contributed by atoms with van der Waals surface area (Å²) in [5, 5.41) is 2.66. The molecule has 0 aliphatic carbocycles. The summed E-state index contributed by atoms with van der Waals surface area (Å²) in [6.07, 6.45) is 0.847. The normalized spacial score (nSPS) is 9.54. The summed E-state index contributed by atoms with van der Waals surface area (Å²) in [6.45, 7) is 2.60. The highest BCUT2D eigenvalue weighted by atomic mass is 16.5. The van der Waals surface area contributed by atoms with Gasteiger partial charge in [-0.1, -0.05) is 54.3 Å². The molecule has 0 spiro atoms. The number of carbonyl (C=O) groups is 2. The van der Waals surface area contributed by atoms with Gasteiger partial charge in [-0.2, -0.15) is 0 Å². The number of alkyl carbamates (subject to hydrolysis) is 1. The molecular weight excluding hydrogens is 302 g/mol. The molecule has 0 heterocycles. The highest BCUT2D eigenvalue weighted by molar-refractivity contribution is 5.76. The lowest BCUT2D eigenvalue weighted by Gasteiger charge is -2.05. The van der Waals surface area contributed by atoms with Crippen LogP contribution in [0.25, 0.3) is 0 Å². The van der Waals surface area contributed by atoms with Gasteiger partial charge in [0, 0.05) is 24.1 Å². The fraction of sp³-hybridized carbons (Fsp3) is 0.200. The number of hydrogen-bond acceptors (Lipinski definition) is 3. The number of nitrogens with one attached hydrogen (secondary N) is 1. The summed E-state index contributed by atoms with van der Waals surface area (Å²) in [4.78, 5) is 22.3. The summed E-state index contributed by atoms with van der Waals surface area (Å²) >= 11 is 0. The van der Waals surface area contributed by atoms with Gasteiger partial charge in [0.05, 0.1) is 0 Å². The maximum atomic E-state index is 11.6. The summed E-state index contributed by atoms with van der Waals surface area (Å²) in [5.74, 6) is 6.01. The average molecular weight is 321 g/mol. The van der Waals surface area contributed by atoms with Crippen LogP contribution in [0.15, 0.2) is 48.5 Å². The first kappa shape index (κ1) is 17.3. The molecule has 0 unspecified atom stereocenters. The van der Waals surface area contributed by atoms with Gasteiger partial charge in [0.25, 0.3) is 0 Å². The molecule has 0 aliphatic rings. The van der Waals surface area contributed by atoms with Crippen LogP contribution in [0.5, 0.6) is 0 Å². The fourth-order valence-electron chi connectivity index (χ4n) is 2.01. The van der Waals surface area contributed by atoms with Crippen molar-refractivity contribution in [1.82, 2.24) is 5.32 Å². The fourth-order valence-corrected chi connectivity index (χ4v) is 2.01. The number of amides is 1. The van der Waals surface area contributed by atoms with E-state index in [2.05, 4.69) is 17.2 Å². The van der Waals surface area contributed by atoms with Crippen LogP contribution in [0.4, 0.5) is 4.79 Å². The Morgan fingerprint density at radius 3 is 2.75 bits per heavy atom. The van der Waals surface area contributed by atoms with Crippen LogP contribution in [-0.4, -0.2) is 18.9 Å². The Hall–Kier alpha value is -3.06. The molecule has 0 aliphatic heterocycles. The van der Waals surface area contributed by atoms with Crippen molar-refractivity contribution in [2.45, 2.75) is 20.0 Å². The largest absolute Gasteiger partial charge is 0.445 e. The predicted octanol–water partition coefficient (Wildman–Crippen LogP) is 3.48. The SMILES string of the molecule is Cc1ccc(C=O)cc1C#CCCNC(=O)OCc1ccccc1. The zero-order chi connectivity index (χ0) is 17.2. The smallest absolute Gasteiger partial charge is 0.407 e. The average Bonchev–Trinajstić information content (AvgIpc) is 2.62. The molecule has 0 saturated carbocycles. The van der Waals surface area contributed by atoms with Crippen LogP contribution < -0.4 is 5.32 Å². The first-order valence-electron chi connectivity index (χ1n) is 7.68. The molecule has 0 aromatic heterocycles. The standard InChI is InChI=1S/C20H19NO3/c1-16-10-11-18(14-22)13-19(16)9-5-6-12-21-20(23)24-15-17-7-3-2-4-8-17/h2-4,7-8,10-11,13-14H,6,12,15H2,1H3,(H,21,23). The van der Waals surface area contributed by atoms with E-state index in [0.717, 1.165) is 23.0 Å². The Morgan fingerprint density at radius 2 is 2.00 bits per heavy atom. The molecule has 4 nitrogen and oxygen atoms in total. The van der Waals surface area contributed by atoms with Crippen molar-refractivity contribution < 1.29 is 14.3 Å². The summed E-state index contributed by atoms with van der Waals surface area (Å²) in [5.41, 5.74) is 3.39. The Balaban J connectivity index is 1.73. The van der Waals surface area contributed by atoms with Gasteiger partial charge >= 0.3 is 6.09 Å². The van der Waals surface area contributed by atoms with Gasteiger partial charge in [0.1, 0.15) is 12.9 Å². The Kier molecular flexibility index (Phi) is 6.60. The maximum absolute atomic E-state index is 11.6. The highest BCUT2D eigenvalue weighted by Crippen LogP contribution is 2.08. The molecule has 2 rings (SSSR count). The number of rotatable bonds is 5. The molecule has 0 fully saturated rings. The van der Waals surface area contributed by atoms with Crippen LogP contribution in [0.2, 0.25) is 0 Å². The van der Waals surface area contributed by atoms with E-state index in [9.17, 15) is 9.59 Å². The lowest BCUT2D eigenvalue weighted by Crippen LogP contribution is -2.24. The Bertz CT molecular complexity index is 757. The molecule has 122 valence electrons. The maximum Gasteiger partial charge on any atom is 0.407 e. The van der Waals surface area contributed by atoms with Crippen molar-refractivity contribution in [2.75, 3.05) is 6.54 Å². The van der Waals surface area contributed by atoms with E-state index >= 15 is 0 Å². The first-order chi connectivity index (χ1) is 11.7. The monoisotopic (exact) mass is 321 g/mol. The van der Waals surface area contributed by atoms with Gasteiger partial charge in [0.15, 0.2) is 0 Å². The number of benzene rings is 2. The van der Waals surface area contributed by atoms with Crippen molar-refractivity contribution in [3.05, 3.63) is 70.8 Å². The number of carbonyl (C=O) groups excluding carboxylic acids is 2. The van der Waals surface area contributed by atoms with Crippen molar-refractivity contribution in [3.63, 3.8) is 0 Å². The van der Waals surface area contributed by atoms with Crippen molar-refractivity contribution >= 4 is 12.4 Å².